The molecule has 4 rings (SSSR count). The lowest BCUT2D eigenvalue weighted by Crippen LogP contribution is -2.40. The second-order valence-electron chi connectivity index (χ2n) is 7.35. The highest BCUT2D eigenvalue weighted by Crippen LogP contribution is 2.35. The number of aromatic nitrogens is 4. The van der Waals surface area contributed by atoms with Gasteiger partial charge in [0, 0.05) is 32.1 Å². The molecule has 2 aliphatic rings. The lowest BCUT2D eigenvalue weighted by molar-refractivity contribution is 0.0649. The Hall–Kier alpha value is -2.44. The third-order valence-electron chi connectivity index (χ3n) is 5.59. The number of carbonyl (C=O) groups is 1. The van der Waals surface area contributed by atoms with Gasteiger partial charge < -0.3 is 14.2 Å². The molecule has 2 aromatic rings. The summed E-state index contributed by atoms with van der Waals surface area (Å²) in [6, 6.07) is 1.99. The van der Waals surface area contributed by atoms with Crippen molar-refractivity contribution in [2.45, 2.75) is 38.0 Å². The predicted molar refractivity (Wildman–Crippen MR) is 96.0 cm³/mol. The topological polar surface area (TPSA) is 73.1 Å². The quantitative estimate of drug-likeness (QED) is 0.823. The summed E-state index contributed by atoms with van der Waals surface area (Å²) in [7, 11) is 1.85. The van der Waals surface area contributed by atoms with E-state index in [1.54, 1.807) is 23.4 Å². The maximum atomic E-state index is 12.5. The molecule has 0 spiro atoms. The molecule has 0 unspecified atom stereocenters. The number of aryl methyl sites for hydroxylation is 1. The van der Waals surface area contributed by atoms with E-state index in [0.29, 0.717) is 30.0 Å². The van der Waals surface area contributed by atoms with Gasteiger partial charge in [0.15, 0.2) is 0 Å². The standard InChI is InChI=1S/C19H25N5O2/c1-23-13-20-10-17(23)19(25)24-7-5-14(6-8-24)11-26-18-9-16(21-12-22-18)15-3-2-4-15/h9-10,12-15H,2-8,11H2,1H3. The van der Waals surface area contributed by atoms with Crippen molar-refractivity contribution >= 4 is 5.91 Å². The van der Waals surface area contributed by atoms with Crippen molar-refractivity contribution in [3.05, 3.63) is 36.3 Å². The smallest absolute Gasteiger partial charge is 0.272 e. The zero-order valence-corrected chi connectivity index (χ0v) is 15.2. The Morgan fingerprint density at radius 2 is 2.04 bits per heavy atom. The third kappa shape index (κ3) is 3.57. The summed E-state index contributed by atoms with van der Waals surface area (Å²) in [5.41, 5.74) is 1.75. The van der Waals surface area contributed by atoms with E-state index in [1.807, 2.05) is 18.0 Å². The second-order valence-corrected chi connectivity index (χ2v) is 7.35. The van der Waals surface area contributed by atoms with Crippen LogP contribution < -0.4 is 4.74 Å². The van der Waals surface area contributed by atoms with E-state index in [0.717, 1.165) is 31.6 Å². The normalized spacial score (nSPS) is 18.6. The van der Waals surface area contributed by atoms with Gasteiger partial charge in [-0.05, 0) is 31.6 Å². The second kappa shape index (κ2) is 7.43. The van der Waals surface area contributed by atoms with E-state index in [1.165, 1.54) is 19.3 Å². The van der Waals surface area contributed by atoms with E-state index in [4.69, 9.17) is 4.74 Å². The summed E-state index contributed by atoms with van der Waals surface area (Å²) < 4.78 is 7.69. The summed E-state index contributed by atoms with van der Waals surface area (Å²) in [4.78, 5) is 27.1. The van der Waals surface area contributed by atoms with Crippen LogP contribution >= 0.6 is 0 Å². The van der Waals surface area contributed by atoms with Crippen LogP contribution in [0.15, 0.2) is 24.9 Å². The monoisotopic (exact) mass is 355 g/mol. The van der Waals surface area contributed by atoms with Crippen LogP contribution in [-0.4, -0.2) is 50.0 Å². The number of carbonyl (C=O) groups excluding carboxylic acids is 1. The van der Waals surface area contributed by atoms with Crippen molar-refractivity contribution in [3.8, 4) is 5.88 Å². The van der Waals surface area contributed by atoms with Gasteiger partial charge in [-0.2, -0.15) is 0 Å². The van der Waals surface area contributed by atoms with Crippen LogP contribution in [0, 0.1) is 5.92 Å². The molecule has 2 aromatic heterocycles. The van der Waals surface area contributed by atoms with E-state index in [-0.39, 0.29) is 5.91 Å². The molecule has 0 aromatic carbocycles. The van der Waals surface area contributed by atoms with E-state index >= 15 is 0 Å². The van der Waals surface area contributed by atoms with Gasteiger partial charge in [0.2, 0.25) is 5.88 Å². The van der Waals surface area contributed by atoms with Crippen LogP contribution in [0.1, 0.15) is 54.2 Å². The van der Waals surface area contributed by atoms with Gasteiger partial charge >= 0.3 is 0 Å². The Morgan fingerprint density at radius 1 is 1.23 bits per heavy atom. The highest BCUT2D eigenvalue weighted by Gasteiger charge is 2.26. The van der Waals surface area contributed by atoms with Crippen LogP contribution in [0.5, 0.6) is 5.88 Å². The maximum absolute atomic E-state index is 12.5. The summed E-state index contributed by atoms with van der Waals surface area (Å²) in [5, 5.41) is 0. The molecule has 138 valence electrons. The molecule has 2 fully saturated rings. The molecule has 26 heavy (non-hydrogen) atoms. The zero-order valence-electron chi connectivity index (χ0n) is 15.2. The average molecular weight is 355 g/mol. The summed E-state index contributed by atoms with van der Waals surface area (Å²) in [6.45, 7) is 2.17. The third-order valence-corrected chi connectivity index (χ3v) is 5.59. The molecule has 1 amide bonds. The Morgan fingerprint density at radius 3 is 2.69 bits per heavy atom. The van der Waals surface area contributed by atoms with Crippen LogP contribution in [0.2, 0.25) is 0 Å². The average Bonchev–Trinajstić information content (AvgIpc) is 3.05. The first-order valence-electron chi connectivity index (χ1n) is 9.41. The first-order valence-corrected chi connectivity index (χ1v) is 9.41. The van der Waals surface area contributed by atoms with Gasteiger partial charge in [-0.25, -0.2) is 15.0 Å². The Kier molecular flexibility index (Phi) is 4.86. The lowest BCUT2D eigenvalue weighted by atomic mass is 9.83. The van der Waals surface area contributed by atoms with Crippen LogP contribution in [0.25, 0.3) is 0 Å². The molecule has 0 atom stereocenters. The highest BCUT2D eigenvalue weighted by atomic mass is 16.5. The summed E-state index contributed by atoms with van der Waals surface area (Å²) in [6.07, 6.45) is 10.5. The maximum Gasteiger partial charge on any atom is 0.272 e. The number of likely N-dealkylation sites (tertiary alicyclic amines) is 1. The molecule has 1 aliphatic heterocycles. The van der Waals surface area contributed by atoms with Crippen LogP contribution in [0.4, 0.5) is 0 Å². The van der Waals surface area contributed by atoms with Gasteiger partial charge in [-0.1, -0.05) is 6.42 Å². The summed E-state index contributed by atoms with van der Waals surface area (Å²) >= 11 is 0. The number of imidazole rings is 1. The molecule has 0 N–H and O–H groups in total. The number of ether oxygens (including phenoxy) is 1. The summed E-state index contributed by atoms with van der Waals surface area (Å²) in [5.74, 6) is 1.77. The minimum absolute atomic E-state index is 0.0605. The number of hydrogen-bond acceptors (Lipinski definition) is 5. The predicted octanol–water partition coefficient (Wildman–Crippen LogP) is 2.41. The van der Waals surface area contributed by atoms with Gasteiger partial charge in [0.1, 0.15) is 12.0 Å². The van der Waals surface area contributed by atoms with E-state index < -0.39 is 0 Å². The molecule has 0 radical (unpaired) electrons. The van der Waals surface area contributed by atoms with E-state index in [9.17, 15) is 4.79 Å². The molecule has 7 nitrogen and oxygen atoms in total. The Balaban J connectivity index is 1.26. The number of hydrogen-bond donors (Lipinski definition) is 0. The number of nitrogens with zero attached hydrogens (tertiary/aromatic N) is 5. The molecular weight excluding hydrogens is 330 g/mol. The Labute approximate surface area is 153 Å². The van der Waals surface area contributed by atoms with Gasteiger partial charge in [0.05, 0.1) is 24.8 Å². The van der Waals surface area contributed by atoms with Crippen LogP contribution in [-0.2, 0) is 7.05 Å². The SMILES string of the molecule is Cn1cncc1C(=O)N1CCC(COc2cc(C3CCC3)ncn2)CC1. The van der Waals surface area contributed by atoms with Crippen molar-refractivity contribution in [1.82, 2.24) is 24.4 Å². The first kappa shape index (κ1) is 17.0. The molecule has 7 heteroatoms. The molecule has 3 heterocycles. The zero-order chi connectivity index (χ0) is 17.9. The van der Waals surface area contributed by atoms with Crippen molar-refractivity contribution < 1.29 is 9.53 Å². The minimum atomic E-state index is 0.0605. The largest absolute Gasteiger partial charge is 0.477 e. The van der Waals surface area contributed by atoms with Gasteiger partial charge in [-0.3, -0.25) is 4.79 Å². The molecule has 0 bridgehead atoms. The fraction of sp³-hybridized carbons (Fsp3) is 0.579. The van der Waals surface area contributed by atoms with Crippen molar-refractivity contribution in [3.63, 3.8) is 0 Å². The molecule has 1 saturated heterocycles. The molecule has 1 saturated carbocycles. The van der Waals surface area contributed by atoms with Crippen molar-refractivity contribution in [2.24, 2.45) is 13.0 Å². The van der Waals surface area contributed by atoms with Gasteiger partial charge in [0.25, 0.3) is 5.91 Å². The van der Waals surface area contributed by atoms with E-state index in [2.05, 4.69) is 15.0 Å². The number of piperidine rings is 1. The molecule has 1 aliphatic carbocycles. The number of amides is 1. The number of rotatable bonds is 5. The van der Waals surface area contributed by atoms with Crippen molar-refractivity contribution in [2.75, 3.05) is 19.7 Å². The van der Waals surface area contributed by atoms with Gasteiger partial charge in [-0.15, -0.1) is 0 Å². The highest BCUT2D eigenvalue weighted by molar-refractivity contribution is 5.92. The lowest BCUT2D eigenvalue weighted by Gasteiger charge is -2.31. The van der Waals surface area contributed by atoms with Crippen molar-refractivity contribution in [1.29, 1.82) is 0 Å². The fourth-order valence-electron chi connectivity index (χ4n) is 3.59. The van der Waals surface area contributed by atoms with Crippen LogP contribution in [0.3, 0.4) is 0 Å². The minimum Gasteiger partial charge on any atom is -0.477 e. The first-order chi connectivity index (χ1) is 12.7. The fourth-order valence-corrected chi connectivity index (χ4v) is 3.59. The Bertz CT molecular complexity index is 763. The molecular formula is C19H25N5O2.